The second-order valence-corrected chi connectivity index (χ2v) is 9.63. The van der Waals surface area contributed by atoms with Crippen LogP contribution < -0.4 is 20.1 Å². The van der Waals surface area contributed by atoms with Crippen molar-refractivity contribution in [2.45, 2.75) is 13.3 Å². The summed E-state index contributed by atoms with van der Waals surface area (Å²) in [5.41, 5.74) is 3.76. The summed E-state index contributed by atoms with van der Waals surface area (Å²) in [6, 6.07) is 16.2. The van der Waals surface area contributed by atoms with Gasteiger partial charge in [0.15, 0.2) is 0 Å². The highest BCUT2D eigenvalue weighted by atomic mass is 32.1. The highest BCUT2D eigenvalue weighted by Gasteiger charge is 2.15. The molecule has 10 heteroatoms. The van der Waals surface area contributed by atoms with E-state index in [9.17, 15) is 9.59 Å². The van der Waals surface area contributed by atoms with Gasteiger partial charge in [0.2, 0.25) is 11.8 Å². The number of carbonyl (C=O) groups excluding carboxylic acids is 2. The SMILES string of the molecule is COc1ccccc1NC(=O)CC(=O)Nc1ccc(Oc2ccnc3cc(-c4cncn4C)sc23)c(C)c1. The predicted molar refractivity (Wildman–Crippen MR) is 148 cm³/mol. The number of fused-ring (bicyclic) bond motifs is 1. The number of para-hydroxylation sites is 2. The highest BCUT2D eigenvalue weighted by molar-refractivity contribution is 7.22. The van der Waals surface area contributed by atoms with Crippen LogP contribution in [0.2, 0.25) is 0 Å². The second-order valence-electron chi connectivity index (χ2n) is 8.58. The molecule has 9 nitrogen and oxygen atoms in total. The smallest absolute Gasteiger partial charge is 0.233 e. The molecule has 0 unspecified atom stereocenters. The topological polar surface area (TPSA) is 107 Å². The summed E-state index contributed by atoms with van der Waals surface area (Å²) >= 11 is 1.59. The predicted octanol–water partition coefficient (Wildman–Crippen LogP) is 5.77. The quantitative estimate of drug-likeness (QED) is 0.248. The lowest BCUT2D eigenvalue weighted by molar-refractivity contribution is -0.123. The van der Waals surface area contributed by atoms with Gasteiger partial charge in [-0.3, -0.25) is 14.6 Å². The average molecular weight is 528 g/mol. The zero-order valence-corrected chi connectivity index (χ0v) is 21.8. The Hall–Kier alpha value is -4.70. The number of benzene rings is 2. The van der Waals surface area contributed by atoms with Crippen molar-refractivity contribution in [3.8, 4) is 27.8 Å². The molecule has 0 aliphatic heterocycles. The molecule has 3 heterocycles. The molecule has 5 aromatic rings. The number of nitrogens with one attached hydrogen (secondary N) is 2. The number of aryl methyl sites for hydroxylation is 2. The summed E-state index contributed by atoms with van der Waals surface area (Å²) in [6.07, 6.45) is 4.98. The summed E-state index contributed by atoms with van der Waals surface area (Å²) in [6.45, 7) is 1.90. The Labute approximate surface area is 223 Å². The molecule has 5 rings (SSSR count). The van der Waals surface area contributed by atoms with E-state index in [0.29, 0.717) is 28.6 Å². The lowest BCUT2D eigenvalue weighted by Gasteiger charge is -2.12. The summed E-state index contributed by atoms with van der Waals surface area (Å²) in [5, 5.41) is 5.47. The molecule has 38 heavy (non-hydrogen) atoms. The van der Waals surface area contributed by atoms with E-state index in [4.69, 9.17) is 9.47 Å². The van der Waals surface area contributed by atoms with E-state index >= 15 is 0 Å². The van der Waals surface area contributed by atoms with Crippen LogP contribution in [0.4, 0.5) is 11.4 Å². The van der Waals surface area contributed by atoms with Crippen LogP contribution in [0, 0.1) is 6.92 Å². The minimum Gasteiger partial charge on any atom is -0.495 e. The molecule has 0 spiro atoms. The van der Waals surface area contributed by atoms with E-state index in [1.807, 2.05) is 36.9 Å². The van der Waals surface area contributed by atoms with Crippen LogP contribution in [0.5, 0.6) is 17.2 Å². The van der Waals surface area contributed by atoms with Crippen molar-refractivity contribution < 1.29 is 19.1 Å². The minimum atomic E-state index is -0.438. The van der Waals surface area contributed by atoms with Crippen molar-refractivity contribution in [3.05, 3.63) is 78.9 Å². The van der Waals surface area contributed by atoms with Crippen molar-refractivity contribution in [2.75, 3.05) is 17.7 Å². The van der Waals surface area contributed by atoms with Crippen LogP contribution in [0.25, 0.3) is 20.8 Å². The van der Waals surface area contributed by atoms with Gasteiger partial charge >= 0.3 is 0 Å². The van der Waals surface area contributed by atoms with E-state index in [-0.39, 0.29) is 6.42 Å². The van der Waals surface area contributed by atoms with E-state index < -0.39 is 11.8 Å². The van der Waals surface area contributed by atoms with Gasteiger partial charge < -0.3 is 24.7 Å². The van der Waals surface area contributed by atoms with Gasteiger partial charge in [-0.25, -0.2) is 4.98 Å². The van der Waals surface area contributed by atoms with Crippen LogP contribution in [-0.2, 0) is 16.6 Å². The molecule has 0 saturated heterocycles. The molecular weight excluding hydrogens is 502 g/mol. The summed E-state index contributed by atoms with van der Waals surface area (Å²) in [4.78, 5) is 34.6. The monoisotopic (exact) mass is 527 g/mol. The van der Waals surface area contributed by atoms with Gasteiger partial charge in [0, 0.05) is 25.0 Å². The van der Waals surface area contributed by atoms with Crippen LogP contribution in [0.15, 0.2) is 73.3 Å². The van der Waals surface area contributed by atoms with E-state index in [2.05, 4.69) is 20.6 Å². The Bertz CT molecular complexity index is 1640. The zero-order chi connectivity index (χ0) is 26.6. The van der Waals surface area contributed by atoms with Crippen molar-refractivity contribution in [3.63, 3.8) is 0 Å². The number of nitrogens with zero attached hydrogens (tertiary/aromatic N) is 3. The number of rotatable bonds is 8. The fourth-order valence-electron chi connectivity index (χ4n) is 3.97. The number of pyridine rings is 1. The van der Waals surface area contributed by atoms with Gasteiger partial charge in [-0.15, -0.1) is 11.3 Å². The van der Waals surface area contributed by atoms with Crippen molar-refractivity contribution in [1.29, 1.82) is 0 Å². The average Bonchev–Trinajstić information content (AvgIpc) is 3.52. The Kier molecular flexibility index (Phi) is 7.05. The Morgan fingerprint density at radius 3 is 2.58 bits per heavy atom. The molecule has 0 aliphatic carbocycles. The number of aromatic nitrogens is 3. The standard InChI is InChI=1S/C28H25N5O4S/c1-17-12-18(31-26(34)14-27(35)32-19-6-4-5-7-23(19)36-3)8-9-22(17)37-24-10-11-30-20-13-25(38-28(20)24)21-15-29-16-33(21)2/h4-13,15-16H,14H2,1-3H3,(H,31,34)(H,32,35). The van der Waals surface area contributed by atoms with Gasteiger partial charge in [0.05, 0.1) is 46.1 Å². The normalized spacial score (nSPS) is 10.8. The Morgan fingerprint density at radius 1 is 1.00 bits per heavy atom. The maximum absolute atomic E-state index is 12.5. The molecule has 0 aliphatic rings. The molecule has 0 saturated carbocycles. The number of ether oxygens (including phenoxy) is 2. The summed E-state index contributed by atoms with van der Waals surface area (Å²) in [7, 11) is 3.47. The lowest BCUT2D eigenvalue weighted by Crippen LogP contribution is -2.21. The Balaban J connectivity index is 1.26. The molecule has 2 N–H and O–H groups in total. The second kappa shape index (κ2) is 10.7. The Morgan fingerprint density at radius 2 is 1.82 bits per heavy atom. The summed E-state index contributed by atoms with van der Waals surface area (Å²) in [5.74, 6) is 1.00. The largest absolute Gasteiger partial charge is 0.495 e. The van der Waals surface area contributed by atoms with Crippen LogP contribution in [0.3, 0.4) is 0 Å². The number of anilines is 2. The number of thiophene rings is 1. The third-order valence-corrected chi connectivity index (χ3v) is 6.99. The molecule has 2 amide bonds. The first kappa shape index (κ1) is 25.0. The third-order valence-electron chi connectivity index (χ3n) is 5.83. The molecule has 0 radical (unpaired) electrons. The van der Waals surface area contributed by atoms with Gasteiger partial charge in [0.1, 0.15) is 23.7 Å². The first-order valence-corrected chi connectivity index (χ1v) is 12.6. The summed E-state index contributed by atoms with van der Waals surface area (Å²) < 4.78 is 14.4. The number of methoxy groups -OCH3 is 1. The lowest BCUT2D eigenvalue weighted by atomic mass is 10.2. The maximum Gasteiger partial charge on any atom is 0.233 e. The van der Waals surface area contributed by atoms with Gasteiger partial charge in [0.25, 0.3) is 0 Å². The van der Waals surface area contributed by atoms with Crippen molar-refractivity contribution in [1.82, 2.24) is 14.5 Å². The molecular formula is C28H25N5O4S. The number of hydrogen-bond donors (Lipinski definition) is 2. The van der Waals surface area contributed by atoms with Crippen LogP contribution in [0.1, 0.15) is 12.0 Å². The van der Waals surface area contributed by atoms with Crippen LogP contribution in [-0.4, -0.2) is 33.5 Å². The third kappa shape index (κ3) is 5.35. The molecule has 3 aromatic heterocycles. The molecule has 0 bridgehead atoms. The van der Waals surface area contributed by atoms with Crippen molar-refractivity contribution >= 4 is 44.7 Å². The number of amides is 2. The van der Waals surface area contributed by atoms with Crippen LogP contribution >= 0.6 is 11.3 Å². The van der Waals surface area contributed by atoms with E-state index in [1.54, 1.807) is 66.3 Å². The van der Waals surface area contributed by atoms with E-state index in [0.717, 1.165) is 26.4 Å². The zero-order valence-electron chi connectivity index (χ0n) is 21.0. The van der Waals surface area contributed by atoms with E-state index in [1.165, 1.54) is 7.11 Å². The first-order valence-electron chi connectivity index (χ1n) is 11.8. The maximum atomic E-state index is 12.5. The fourth-order valence-corrected chi connectivity index (χ4v) is 5.09. The molecule has 2 aromatic carbocycles. The molecule has 0 fully saturated rings. The first-order chi connectivity index (χ1) is 18.4. The number of carbonyl (C=O) groups is 2. The van der Waals surface area contributed by atoms with Crippen molar-refractivity contribution in [2.24, 2.45) is 7.05 Å². The van der Waals surface area contributed by atoms with Gasteiger partial charge in [-0.1, -0.05) is 12.1 Å². The molecule has 0 atom stereocenters. The molecule has 192 valence electrons. The number of hydrogen-bond acceptors (Lipinski definition) is 7. The van der Waals surface area contributed by atoms with Gasteiger partial charge in [-0.05, 0) is 48.9 Å². The highest BCUT2D eigenvalue weighted by Crippen LogP contribution is 2.39. The number of imidazole rings is 1. The fraction of sp³-hybridized carbons (Fsp3) is 0.143. The minimum absolute atomic E-state index is 0.332. The van der Waals surface area contributed by atoms with Gasteiger partial charge in [-0.2, -0.15) is 0 Å².